The Hall–Kier alpha value is -2.30. The minimum Gasteiger partial charge on any atom is -0.467 e. The number of rotatable bonds is 5. The average Bonchev–Trinajstić information content (AvgIpc) is 2.94. The van der Waals surface area contributed by atoms with E-state index in [4.69, 9.17) is 4.74 Å². The molecule has 1 heterocycles. The molecule has 0 spiro atoms. The molecule has 5 nitrogen and oxygen atoms in total. The Morgan fingerprint density at radius 1 is 1.32 bits per heavy atom. The quantitative estimate of drug-likeness (QED) is 0.834. The van der Waals surface area contributed by atoms with E-state index in [-0.39, 0.29) is 5.91 Å². The maximum Gasteiger partial charge on any atom is 0.328 e. The summed E-state index contributed by atoms with van der Waals surface area (Å²) in [5.74, 6) is -0.713. The van der Waals surface area contributed by atoms with E-state index in [9.17, 15) is 9.59 Å². The summed E-state index contributed by atoms with van der Waals surface area (Å²) < 4.78 is 4.73. The van der Waals surface area contributed by atoms with Crippen LogP contribution in [0.1, 0.15) is 41.4 Å². The SMILES string of the molecule is CCC[C@@H](NC(=O)c1cc2c(C)c(C)ccc2[nH]1)C(=O)OC. The van der Waals surface area contributed by atoms with Gasteiger partial charge in [-0.2, -0.15) is 0 Å². The molecule has 0 aliphatic heterocycles. The number of benzene rings is 1. The van der Waals surface area contributed by atoms with E-state index in [2.05, 4.69) is 10.3 Å². The first-order valence-electron chi connectivity index (χ1n) is 7.45. The maximum absolute atomic E-state index is 12.4. The molecule has 0 bridgehead atoms. The van der Waals surface area contributed by atoms with Crippen LogP contribution in [0.3, 0.4) is 0 Å². The fourth-order valence-corrected chi connectivity index (χ4v) is 2.50. The topological polar surface area (TPSA) is 71.2 Å². The van der Waals surface area contributed by atoms with Gasteiger partial charge in [-0.25, -0.2) is 4.79 Å². The molecule has 0 saturated carbocycles. The van der Waals surface area contributed by atoms with Crippen LogP contribution < -0.4 is 5.32 Å². The molecule has 0 radical (unpaired) electrons. The van der Waals surface area contributed by atoms with Gasteiger partial charge < -0.3 is 15.0 Å². The maximum atomic E-state index is 12.4. The van der Waals surface area contributed by atoms with Crippen LogP contribution in [0.5, 0.6) is 0 Å². The number of H-pyrrole nitrogens is 1. The van der Waals surface area contributed by atoms with E-state index in [0.29, 0.717) is 12.1 Å². The Morgan fingerprint density at radius 3 is 2.68 bits per heavy atom. The van der Waals surface area contributed by atoms with Gasteiger partial charge in [-0.3, -0.25) is 4.79 Å². The van der Waals surface area contributed by atoms with Crippen molar-refractivity contribution in [1.82, 2.24) is 10.3 Å². The molecule has 0 aliphatic carbocycles. The molecule has 0 fully saturated rings. The van der Waals surface area contributed by atoms with Crippen molar-refractivity contribution in [2.75, 3.05) is 7.11 Å². The number of amides is 1. The molecule has 1 aromatic carbocycles. The lowest BCUT2D eigenvalue weighted by atomic mass is 10.1. The van der Waals surface area contributed by atoms with Gasteiger partial charge in [-0.05, 0) is 43.5 Å². The summed E-state index contributed by atoms with van der Waals surface area (Å²) in [4.78, 5) is 27.2. The zero-order valence-corrected chi connectivity index (χ0v) is 13.4. The number of esters is 1. The summed E-state index contributed by atoms with van der Waals surface area (Å²) in [6, 6.07) is 5.19. The molecule has 2 rings (SSSR count). The molecule has 5 heteroatoms. The first-order valence-corrected chi connectivity index (χ1v) is 7.45. The Bertz CT molecular complexity index is 703. The van der Waals surface area contributed by atoms with Crippen molar-refractivity contribution in [1.29, 1.82) is 0 Å². The van der Waals surface area contributed by atoms with E-state index in [1.807, 2.05) is 39.0 Å². The first kappa shape index (κ1) is 16.1. The van der Waals surface area contributed by atoms with Crippen LogP contribution in [0.4, 0.5) is 0 Å². The zero-order chi connectivity index (χ0) is 16.3. The second-order valence-electron chi connectivity index (χ2n) is 5.49. The predicted molar refractivity (Wildman–Crippen MR) is 86.0 cm³/mol. The summed E-state index contributed by atoms with van der Waals surface area (Å²) in [5.41, 5.74) is 3.69. The molecule has 2 N–H and O–H groups in total. The number of nitrogens with one attached hydrogen (secondary N) is 2. The van der Waals surface area contributed by atoms with Crippen LogP contribution >= 0.6 is 0 Å². The monoisotopic (exact) mass is 302 g/mol. The van der Waals surface area contributed by atoms with Crippen LogP contribution in [0, 0.1) is 13.8 Å². The number of aromatic amines is 1. The highest BCUT2D eigenvalue weighted by Gasteiger charge is 2.22. The van der Waals surface area contributed by atoms with Gasteiger partial charge in [0.25, 0.3) is 5.91 Å². The third-order valence-electron chi connectivity index (χ3n) is 3.96. The summed E-state index contributed by atoms with van der Waals surface area (Å²) in [5, 5.41) is 3.76. The van der Waals surface area contributed by atoms with Crippen LogP contribution in [-0.4, -0.2) is 30.0 Å². The lowest BCUT2D eigenvalue weighted by Crippen LogP contribution is -2.41. The molecule has 1 amide bonds. The molecule has 22 heavy (non-hydrogen) atoms. The number of methoxy groups -OCH3 is 1. The molecule has 0 saturated heterocycles. The van der Waals surface area contributed by atoms with Crippen molar-refractivity contribution >= 4 is 22.8 Å². The van der Waals surface area contributed by atoms with E-state index >= 15 is 0 Å². The van der Waals surface area contributed by atoms with Crippen molar-refractivity contribution < 1.29 is 14.3 Å². The third kappa shape index (κ3) is 3.13. The van der Waals surface area contributed by atoms with Gasteiger partial charge in [0.2, 0.25) is 0 Å². The summed E-state index contributed by atoms with van der Waals surface area (Å²) in [6.45, 7) is 6.02. The van der Waals surface area contributed by atoms with Gasteiger partial charge in [-0.15, -0.1) is 0 Å². The van der Waals surface area contributed by atoms with E-state index in [1.54, 1.807) is 0 Å². The van der Waals surface area contributed by atoms with Crippen molar-refractivity contribution in [3.63, 3.8) is 0 Å². The lowest BCUT2D eigenvalue weighted by Gasteiger charge is -2.14. The Morgan fingerprint density at radius 2 is 2.05 bits per heavy atom. The smallest absolute Gasteiger partial charge is 0.328 e. The standard InChI is InChI=1S/C17H22N2O3/c1-5-6-14(17(21)22-4)19-16(20)15-9-12-11(3)10(2)7-8-13(12)18-15/h7-9,14,18H,5-6H2,1-4H3,(H,19,20)/t14-/m1/s1. The lowest BCUT2D eigenvalue weighted by molar-refractivity contribution is -0.143. The fraction of sp³-hybridized carbons (Fsp3) is 0.412. The Balaban J connectivity index is 2.25. The molecular formula is C17H22N2O3. The molecule has 118 valence electrons. The van der Waals surface area contributed by atoms with Crippen LogP contribution in [-0.2, 0) is 9.53 Å². The van der Waals surface area contributed by atoms with Gasteiger partial charge in [-0.1, -0.05) is 19.4 Å². The van der Waals surface area contributed by atoms with Crippen LogP contribution in [0.25, 0.3) is 10.9 Å². The highest BCUT2D eigenvalue weighted by molar-refractivity contribution is 6.00. The van der Waals surface area contributed by atoms with Gasteiger partial charge >= 0.3 is 5.97 Å². The molecule has 1 atom stereocenters. The van der Waals surface area contributed by atoms with E-state index < -0.39 is 12.0 Å². The largest absolute Gasteiger partial charge is 0.467 e. The number of carbonyl (C=O) groups excluding carboxylic acids is 2. The third-order valence-corrected chi connectivity index (χ3v) is 3.96. The van der Waals surface area contributed by atoms with E-state index in [0.717, 1.165) is 22.9 Å². The molecule has 0 aliphatic rings. The van der Waals surface area contributed by atoms with Gasteiger partial charge in [0.05, 0.1) is 7.11 Å². The van der Waals surface area contributed by atoms with E-state index in [1.165, 1.54) is 12.7 Å². The highest BCUT2D eigenvalue weighted by Crippen LogP contribution is 2.22. The van der Waals surface area contributed by atoms with Gasteiger partial charge in [0.15, 0.2) is 0 Å². The minimum absolute atomic E-state index is 0.294. The van der Waals surface area contributed by atoms with Crippen molar-refractivity contribution in [2.45, 2.75) is 39.7 Å². The number of hydrogen-bond acceptors (Lipinski definition) is 3. The highest BCUT2D eigenvalue weighted by atomic mass is 16.5. The number of ether oxygens (including phenoxy) is 1. The number of aryl methyl sites for hydroxylation is 2. The van der Waals surface area contributed by atoms with Crippen molar-refractivity contribution in [3.05, 3.63) is 35.0 Å². The number of aromatic nitrogens is 1. The summed E-state index contributed by atoms with van der Waals surface area (Å²) in [6.07, 6.45) is 1.34. The average molecular weight is 302 g/mol. The van der Waals surface area contributed by atoms with Crippen molar-refractivity contribution in [3.8, 4) is 0 Å². The summed E-state index contributed by atoms with van der Waals surface area (Å²) >= 11 is 0. The molecule has 1 aromatic heterocycles. The molecule has 2 aromatic rings. The normalized spacial score (nSPS) is 12.2. The van der Waals surface area contributed by atoms with Gasteiger partial charge in [0.1, 0.15) is 11.7 Å². The second kappa shape index (κ2) is 6.64. The predicted octanol–water partition coefficient (Wildman–Crippen LogP) is 2.86. The van der Waals surface area contributed by atoms with Gasteiger partial charge in [0, 0.05) is 10.9 Å². The number of carbonyl (C=O) groups is 2. The molecular weight excluding hydrogens is 280 g/mol. The summed E-state index contributed by atoms with van der Waals surface area (Å²) in [7, 11) is 1.33. The van der Waals surface area contributed by atoms with Crippen LogP contribution in [0.15, 0.2) is 18.2 Å². The fourth-order valence-electron chi connectivity index (χ4n) is 2.50. The van der Waals surface area contributed by atoms with Crippen molar-refractivity contribution in [2.24, 2.45) is 0 Å². The Kier molecular flexibility index (Phi) is 4.85. The first-order chi connectivity index (χ1) is 10.5. The molecule has 0 unspecified atom stereocenters. The number of fused-ring (bicyclic) bond motifs is 1. The van der Waals surface area contributed by atoms with Crippen LogP contribution in [0.2, 0.25) is 0 Å². The Labute approximate surface area is 130 Å². The minimum atomic E-state index is -0.614. The second-order valence-corrected chi connectivity index (χ2v) is 5.49. The zero-order valence-electron chi connectivity index (χ0n) is 13.4. The number of hydrogen-bond donors (Lipinski definition) is 2.